The van der Waals surface area contributed by atoms with Crippen molar-refractivity contribution in [3.8, 4) is 17.3 Å². The minimum atomic E-state index is 0.569. The summed E-state index contributed by atoms with van der Waals surface area (Å²) < 4.78 is 3.11. The van der Waals surface area contributed by atoms with E-state index in [1.807, 2.05) is 47.3 Å². The van der Waals surface area contributed by atoms with E-state index in [-0.39, 0.29) is 0 Å². The third-order valence-electron chi connectivity index (χ3n) is 7.65. The number of aryl methyl sites for hydroxylation is 1. The SMILES string of the molecule is Cc1cn2cc(-c3cc4sc(C5CC5C5CC6CCC(C5)N6)nc4cn3)cc(C#N)c2n1. The van der Waals surface area contributed by atoms with E-state index in [4.69, 9.17) is 4.98 Å². The number of aromatic nitrogens is 4. The predicted molar refractivity (Wildman–Crippen MR) is 125 cm³/mol. The minimum Gasteiger partial charge on any atom is -0.311 e. The number of piperidine rings is 1. The molecule has 2 bridgehead atoms. The normalized spacial score (nSPS) is 28.9. The van der Waals surface area contributed by atoms with Crippen molar-refractivity contribution in [2.75, 3.05) is 0 Å². The van der Waals surface area contributed by atoms with Gasteiger partial charge in [0.2, 0.25) is 0 Å². The molecule has 0 spiro atoms. The van der Waals surface area contributed by atoms with Gasteiger partial charge in [0.25, 0.3) is 0 Å². The molecule has 0 amide bonds. The van der Waals surface area contributed by atoms with Crippen LogP contribution in [0.2, 0.25) is 0 Å². The van der Waals surface area contributed by atoms with Gasteiger partial charge in [-0.3, -0.25) is 4.98 Å². The van der Waals surface area contributed by atoms with E-state index in [1.165, 1.54) is 41.8 Å². The molecule has 0 radical (unpaired) electrons. The minimum absolute atomic E-state index is 0.569. The number of hydrogen-bond acceptors (Lipinski definition) is 6. The molecule has 6 heterocycles. The summed E-state index contributed by atoms with van der Waals surface area (Å²) >= 11 is 1.83. The summed E-state index contributed by atoms with van der Waals surface area (Å²) in [5, 5.41) is 14.7. The number of fused-ring (bicyclic) bond motifs is 4. The largest absolute Gasteiger partial charge is 0.311 e. The molecular weight excluding hydrogens is 416 g/mol. The van der Waals surface area contributed by atoms with Crippen LogP contribution in [-0.2, 0) is 0 Å². The Morgan fingerprint density at radius 1 is 1.12 bits per heavy atom. The maximum Gasteiger partial charge on any atom is 0.155 e. The van der Waals surface area contributed by atoms with Gasteiger partial charge in [-0.25, -0.2) is 9.97 Å². The molecule has 1 aliphatic carbocycles. The van der Waals surface area contributed by atoms with Gasteiger partial charge in [0.15, 0.2) is 5.65 Å². The average Bonchev–Trinajstić information content (AvgIpc) is 3.15. The van der Waals surface area contributed by atoms with Crippen molar-refractivity contribution in [2.45, 2.75) is 57.0 Å². The van der Waals surface area contributed by atoms with Crippen LogP contribution in [0.3, 0.4) is 0 Å². The highest BCUT2D eigenvalue weighted by molar-refractivity contribution is 7.18. The van der Waals surface area contributed by atoms with Crippen LogP contribution in [0.5, 0.6) is 0 Å². The van der Waals surface area contributed by atoms with Gasteiger partial charge < -0.3 is 9.72 Å². The standard InChI is InChI=1S/C25H24N6S/c1-13-11-31-12-16(4-15(9-26)24(31)28-13)21-8-23-22(10-27-21)30-25(32-23)20-7-19(20)14-5-17-2-3-18(6-14)29-17/h4,8,10-12,14,17-20,29H,2-3,5-7H2,1H3. The number of nitrogens with zero attached hydrogens (tertiary/aromatic N) is 5. The van der Waals surface area contributed by atoms with Crippen LogP contribution in [0, 0.1) is 30.1 Å². The molecule has 160 valence electrons. The Kier molecular flexibility index (Phi) is 4.00. The van der Waals surface area contributed by atoms with E-state index in [2.05, 4.69) is 27.4 Å². The van der Waals surface area contributed by atoms with Gasteiger partial charge in [0, 0.05) is 36.0 Å². The van der Waals surface area contributed by atoms with E-state index >= 15 is 0 Å². The lowest BCUT2D eigenvalue weighted by Crippen LogP contribution is -2.38. The van der Waals surface area contributed by atoms with E-state index < -0.39 is 0 Å². The summed E-state index contributed by atoms with van der Waals surface area (Å²) in [6.07, 6.45) is 12.6. The first-order chi connectivity index (χ1) is 15.6. The Balaban J connectivity index is 1.19. The molecule has 2 aliphatic heterocycles. The molecule has 32 heavy (non-hydrogen) atoms. The quantitative estimate of drug-likeness (QED) is 0.494. The molecule has 6 nitrogen and oxygen atoms in total. The van der Waals surface area contributed by atoms with E-state index in [0.29, 0.717) is 17.1 Å². The van der Waals surface area contributed by atoms with Crippen molar-refractivity contribution >= 4 is 27.2 Å². The fourth-order valence-corrected chi connectivity index (χ4v) is 7.24. The molecule has 7 rings (SSSR count). The van der Waals surface area contributed by atoms with Crippen molar-refractivity contribution < 1.29 is 0 Å². The average molecular weight is 441 g/mol. The third kappa shape index (κ3) is 2.97. The third-order valence-corrected chi connectivity index (χ3v) is 8.80. The fraction of sp³-hybridized carbons (Fsp3) is 0.440. The summed E-state index contributed by atoms with van der Waals surface area (Å²) in [6.45, 7) is 1.94. The first-order valence-electron chi connectivity index (χ1n) is 11.6. The second-order valence-corrected chi connectivity index (χ2v) is 10.9. The van der Waals surface area contributed by atoms with E-state index in [9.17, 15) is 5.26 Å². The highest BCUT2D eigenvalue weighted by atomic mass is 32.1. The number of hydrogen-bond donors (Lipinski definition) is 1. The van der Waals surface area contributed by atoms with E-state index in [1.54, 1.807) is 0 Å². The molecule has 4 atom stereocenters. The number of pyridine rings is 2. The van der Waals surface area contributed by atoms with Crippen molar-refractivity contribution in [1.29, 1.82) is 5.26 Å². The maximum atomic E-state index is 9.59. The lowest BCUT2D eigenvalue weighted by molar-refractivity contribution is 0.269. The van der Waals surface area contributed by atoms with Gasteiger partial charge in [0.05, 0.1) is 38.4 Å². The van der Waals surface area contributed by atoms with Crippen molar-refractivity contribution in [1.82, 2.24) is 24.7 Å². The number of nitrogens with one attached hydrogen (secondary N) is 1. The van der Waals surface area contributed by atoms with Crippen LogP contribution in [-0.4, -0.2) is 31.4 Å². The zero-order valence-electron chi connectivity index (χ0n) is 18.0. The van der Waals surface area contributed by atoms with Crippen LogP contribution < -0.4 is 5.32 Å². The Bertz CT molecular complexity index is 1400. The Labute approximate surface area is 190 Å². The van der Waals surface area contributed by atoms with Crippen molar-refractivity contribution in [3.05, 3.63) is 47.0 Å². The molecule has 4 unspecified atom stereocenters. The molecule has 1 saturated carbocycles. The second-order valence-electron chi connectivity index (χ2n) is 9.83. The van der Waals surface area contributed by atoms with Crippen LogP contribution in [0.25, 0.3) is 27.1 Å². The van der Waals surface area contributed by atoms with Crippen LogP contribution in [0.4, 0.5) is 0 Å². The van der Waals surface area contributed by atoms with Gasteiger partial charge in [-0.05, 0) is 63.0 Å². The summed E-state index contributed by atoms with van der Waals surface area (Å²) in [5.74, 6) is 2.32. The van der Waals surface area contributed by atoms with E-state index in [0.717, 1.165) is 46.4 Å². The number of rotatable bonds is 3. The van der Waals surface area contributed by atoms with Crippen molar-refractivity contribution in [3.63, 3.8) is 0 Å². The fourth-order valence-electron chi connectivity index (χ4n) is 6.08. The Morgan fingerprint density at radius 2 is 1.97 bits per heavy atom. The Morgan fingerprint density at radius 3 is 2.78 bits per heavy atom. The highest BCUT2D eigenvalue weighted by Gasteiger charge is 2.49. The summed E-state index contributed by atoms with van der Waals surface area (Å²) in [5.41, 5.74) is 4.96. The maximum absolute atomic E-state index is 9.59. The first-order valence-corrected chi connectivity index (χ1v) is 12.4. The zero-order valence-corrected chi connectivity index (χ0v) is 18.8. The summed E-state index contributed by atoms with van der Waals surface area (Å²) in [4.78, 5) is 14.1. The molecule has 1 N–H and O–H groups in total. The van der Waals surface area contributed by atoms with Gasteiger partial charge in [-0.15, -0.1) is 11.3 Å². The smallest absolute Gasteiger partial charge is 0.155 e. The van der Waals surface area contributed by atoms with Crippen molar-refractivity contribution in [2.24, 2.45) is 11.8 Å². The number of thiazole rings is 1. The first kappa shape index (κ1) is 18.7. The van der Waals surface area contributed by atoms with Crippen LogP contribution in [0.15, 0.2) is 30.7 Å². The molecule has 3 aliphatic rings. The van der Waals surface area contributed by atoms with Gasteiger partial charge >= 0.3 is 0 Å². The van der Waals surface area contributed by atoms with Gasteiger partial charge in [-0.1, -0.05) is 0 Å². The topological polar surface area (TPSA) is 78.9 Å². The molecule has 3 fully saturated rings. The lowest BCUT2D eigenvalue weighted by atomic mass is 9.87. The molecular formula is C25H24N6S. The van der Waals surface area contributed by atoms with Gasteiger partial charge in [-0.2, -0.15) is 5.26 Å². The highest BCUT2D eigenvalue weighted by Crippen LogP contribution is 2.57. The predicted octanol–water partition coefficient (Wildman–Crippen LogP) is 4.82. The number of imidazole rings is 1. The molecule has 4 aromatic heterocycles. The number of nitriles is 1. The summed E-state index contributed by atoms with van der Waals surface area (Å²) in [6, 6.07) is 7.82. The zero-order chi connectivity index (χ0) is 21.4. The summed E-state index contributed by atoms with van der Waals surface area (Å²) in [7, 11) is 0. The molecule has 2 saturated heterocycles. The monoisotopic (exact) mass is 440 g/mol. The van der Waals surface area contributed by atoms with Gasteiger partial charge in [0.1, 0.15) is 6.07 Å². The molecule has 7 heteroatoms. The molecule has 0 aromatic carbocycles. The second kappa shape index (κ2) is 6.84. The Hall–Kier alpha value is -2.82. The lowest BCUT2D eigenvalue weighted by Gasteiger charge is -2.29. The molecule has 4 aromatic rings. The van der Waals surface area contributed by atoms with Crippen LogP contribution >= 0.6 is 11.3 Å². The van der Waals surface area contributed by atoms with Crippen LogP contribution in [0.1, 0.15) is 54.3 Å².